The van der Waals surface area contributed by atoms with Gasteiger partial charge in [-0.25, -0.2) is 0 Å². The molecular formula is C15H26N5O+. The zero-order valence-electron chi connectivity index (χ0n) is 13.4. The second kappa shape index (κ2) is 6.87. The molecule has 2 heterocycles. The summed E-state index contributed by atoms with van der Waals surface area (Å²) < 4.78 is 3.81. The normalized spacial score (nSPS) is 11.5. The third-order valence-electron chi connectivity index (χ3n) is 3.88. The number of hydrogen-bond donors (Lipinski definition) is 2. The Hall–Kier alpha value is -1.66. The van der Waals surface area contributed by atoms with E-state index in [9.17, 15) is 0 Å². The Labute approximate surface area is 126 Å². The average molecular weight is 292 g/mol. The van der Waals surface area contributed by atoms with Crippen molar-refractivity contribution in [3.8, 4) is 0 Å². The van der Waals surface area contributed by atoms with Gasteiger partial charge in [-0.2, -0.15) is 10.2 Å². The number of nitrogens with zero attached hydrogens (tertiary/aromatic N) is 4. The van der Waals surface area contributed by atoms with E-state index in [0.29, 0.717) is 0 Å². The molecule has 2 aromatic rings. The van der Waals surface area contributed by atoms with Gasteiger partial charge in [0.1, 0.15) is 24.5 Å². The van der Waals surface area contributed by atoms with E-state index in [0.717, 1.165) is 37.4 Å². The van der Waals surface area contributed by atoms with Gasteiger partial charge in [0.25, 0.3) is 0 Å². The van der Waals surface area contributed by atoms with Crippen LogP contribution in [0.4, 0.5) is 0 Å². The number of aryl methyl sites for hydroxylation is 4. The first-order chi connectivity index (χ1) is 9.99. The molecule has 0 unspecified atom stereocenters. The summed E-state index contributed by atoms with van der Waals surface area (Å²) in [6.07, 6.45) is 0.799. The molecule has 2 N–H and O–H groups in total. The highest BCUT2D eigenvalue weighted by Gasteiger charge is 2.15. The molecule has 0 bridgehead atoms. The number of nitrogens with one attached hydrogen (secondary N) is 1. The zero-order valence-corrected chi connectivity index (χ0v) is 13.4. The average Bonchev–Trinajstić information content (AvgIpc) is 2.90. The molecule has 0 spiro atoms. The van der Waals surface area contributed by atoms with Crippen molar-refractivity contribution in [2.75, 3.05) is 13.2 Å². The first-order valence-electron chi connectivity index (χ1n) is 7.43. The van der Waals surface area contributed by atoms with Crippen LogP contribution in [0, 0.1) is 13.8 Å². The zero-order chi connectivity index (χ0) is 15.4. The van der Waals surface area contributed by atoms with Gasteiger partial charge >= 0.3 is 0 Å². The SMILES string of the molecule is Cc1cc(C[NH+](CCCO)Cc2cc(C)n(C)n2)nn1C. The predicted octanol–water partition coefficient (Wildman–Crippen LogP) is -0.262. The Morgan fingerprint density at radius 2 is 1.48 bits per heavy atom. The van der Waals surface area contributed by atoms with Crippen molar-refractivity contribution in [1.82, 2.24) is 19.6 Å². The summed E-state index contributed by atoms with van der Waals surface area (Å²) in [5.74, 6) is 0. The Morgan fingerprint density at radius 1 is 1.00 bits per heavy atom. The fourth-order valence-electron chi connectivity index (χ4n) is 2.52. The lowest BCUT2D eigenvalue weighted by molar-refractivity contribution is -0.928. The van der Waals surface area contributed by atoms with Gasteiger partial charge in [-0.3, -0.25) is 9.36 Å². The van der Waals surface area contributed by atoms with Crippen molar-refractivity contribution < 1.29 is 10.0 Å². The molecule has 6 nitrogen and oxygen atoms in total. The molecule has 0 aromatic carbocycles. The Morgan fingerprint density at radius 3 is 1.81 bits per heavy atom. The second-order valence-electron chi connectivity index (χ2n) is 5.73. The molecule has 0 aliphatic rings. The summed E-state index contributed by atoms with van der Waals surface area (Å²) in [6.45, 7) is 6.99. The topological polar surface area (TPSA) is 60.3 Å². The number of quaternary nitrogens is 1. The summed E-state index contributed by atoms with van der Waals surface area (Å²) in [4.78, 5) is 1.38. The fourth-order valence-corrected chi connectivity index (χ4v) is 2.52. The molecule has 0 aliphatic carbocycles. The molecular weight excluding hydrogens is 266 g/mol. The van der Waals surface area contributed by atoms with Gasteiger partial charge in [0.15, 0.2) is 0 Å². The van der Waals surface area contributed by atoms with Crippen LogP contribution in [0.5, 0.6) is 0 Å². The van der Waals surface area contributed by atoms with Crippen LogP contribution in [0.2, 0.25) is 0 Å². The van der Waals surface area contributed by atoms with Gasteiger partial charge in [0, 0.05) is 38.5 Å². The van der Waals surface area contributed by atoms with Crippen LogP contribution < -0.4 is 4.90 Å². The standard InChI is InChI=1S/C15H25N5O/c1-12-8-14(16-18(12)3)10-20(6-5-7-21)11-15-9-13(2)19(4)17-15/h8-9,21H,5-7,10-11H2,1-4H3/p+1. The summed E-state index contributed by atoms with van der Waals surface area (Å²) in [6, 6.07) is 4.26. The molecule has 116 valence electrons. The minimum absolute atomic E-state index is 0.228. The van der Waals surface area contributed by atoms with Crippen molar-refractivity contribution in [1.29, 1.82) is 0 Å². The minimum atomic E-state index is 0.228. The molecule has 0 fully saturated rings. The molecule has 0 amide bonds. The molecule has 2 rings (SSSR count). The number of aromatic nitrogens is 4. The summed E-state index contributed by atoms with van der Waals surface area (Å²) >= 11 is 0. The van der Waals surface area contributed by atoms with Gasteiger partial charge < -0.3 is 10.0 Å². The van der Waals surface area contributed by atoms with Gasteiger partial charge in [0.2, 0.25) is 0 Å². The van der Waals surface area contributed by atoms with Crippen molar-refractivity contribution in [3.05, 3.63) is 34.9 Å². The second-order valence-corrected chi connectivity index (χ2v) is 5.73. The maximum atomic E-state index is 9.09. The van der Waals surface area contributed by atoms with E-state index >= 15 is 0 Å². The van der Waals surface area contributed by atoms with E-state index in [1.807, 2.05) is 23.5 Å². The molecule has 0 saturated heterocycles. The number of hydrogen-bond acceptors (Lipinski definition) is 3. The molecule has 21 heavy (non-hydrogen) atoms. The molecule has 6 heteroatoms. The van der Waals surface area contributed by atoms with Gasteiger partial charge in [-0.05, 0) is 26.0 Å². The van der Waals surface area contributed by atoms with E-state index in [2.05, 4.69) is 36.2 Å². The quantitative estimate of drug-likeness (QED) is 0.739. The van der Waals surface area contributed by atoms with Crippen LogP contribution >= 0.6 is 0 Å². The lowest BCUT2D eigenvalue weighted by atomic mass is 10.3. The van der Waals surface area contributed by atoms with E-state index in [-0.39, 0.29) is 6.61 Å². The van der Waals surface area contributed by atoms with E-state index < -0.39 is 0 Å². The van der Waals surface area contributed by atoms with Crippen LogP contribution in [-0.2, 0) is 27.2 Å². The highest BCUT2D eigenvalue weighted by molar-refractivity contribution is 5.08. The molecule has 0 saturated carbocycles. The summed E-state index contributed by atoms with van der Waals surface area (Å²) in [5.41, 5.74) is 4.52. The highest BCUT2D eigenvalue weighted by atomic mass is 16.3. The van der Waals surface area contributed by atoms with Crippen LogP contribution in [-0.4, -0.2) is 37.8 Å². The lowest BCUT2D eigenvalue weighted by Crippen LogP contribution is -3.09. The van der Waals surface area contributed by atoms with Crippen LogP contribution in [0.3, 0.4) is 0 Å². The highest BCUT2D eigenvalue weighted by Crippen LogP contribution is 2.01. The molecule has 0 aliphatic heterocycles. The lowest BCUT2D eigenvalue weighted by Gasteiger charge is -2.17. The molecule has 0 radical (unpaired) electrons. The van der Waals surface area contributed by atoms with Gasteiger partial charge in [-0.1, -0.05) is 0 Å². The smallest absolute Gasteiger partial charge is 0.122 e. The number of aliphatic hydroxyl groups excluding tert-OH is 1. The first-order valence-corrected chi connectivity index (χ1v) is 7.43. The van der Waals surface area contributed by atoms with Gasteiger partial charge in [0.05, 0.1) is 6.54 Å². The minimum Gasteiger partial charge on any atom is -0.396 e. The van der Waals surface area contributed by atoms with Crippen LogP contribution in [0.1, 0.15) is 29.2 Å². The number of aliphatic hydroxyl groups is 1. The largest absolute Gasteiger partial charge is 0.396 e. The van der Waals surface area contributed by atoms with E-state index in [1.165, 1.54) is 16.3 Å². The molecule has 0 atom stereocenters. The summed E-state index contributed by atoms with van der Waals surface area (Å²) in [7, 11) is 3.93. The first kappa shape index (κ1) is 15.7. The maximum absolute atomic E-state index is 9.09. The van der Waals surface area contributed by atoms with E-state index in [1.54, 1.807) is 0 Å². The van der Waals surface area contributed by atoms with Crippen molar-refractivity contribution in [2.45, 2.75) is 33.4 Å². The van der Waals surface area contributed by atoms with Crippen LogP contribution in [0.15, 0.2) is 12.1 Å². The summed E-state index contributed by atoms with van der Waals surface area (Å²) in [5, 5.41) is 18.2. The molecule has 2 aromatic heterocycles. The Bertz CT molecular complexity index is 500. The van der Waals surface area contributed by atoms with Crippen molar-refractivity contribution in [3.63, 3.8) is 0 Å². The third kappa shape index (κ3) is 4.15. The van der Waals surface area contributed by atoms with Crippen molar-refractivity contribution in [2.24, 2.45) is 14.1 Å². The predicted molar refractivity (Wildman–Crippen MR) is 80.8 cm³/mol. The third-order valence-corrected chi connectivity index (χ3v) is 3.88. The van der Waals surface area contributed by atoms with Gasteiger partial charge in [-0.15, -0.1) is 0 Å². The number of rotatable bonds is 7. The Balaban J connectivity index is 2.06. The van der Waals surface area contributed by atoms with Crippen molar-refractivity contribution >= 4 is 0 Å². The van der Waals surface area contributed by atoms with Crippen LogP contribution in [0.25, 0.3) is 0 Å². The maximum Gasteiger partial charge on any atom is 0.122 e. The van der Waals surface area contributed by atoms with E-state index in [4.69, 9.17) is 5.11 Å². The monoisotopic (exact) mass is 292 g/mol. The fraction of sp³-hybridized carbons (Fsp3) is 0.600. The Kier molecular flexibility index (Phi) is 5.14.